The number of carbonyl (C=O) groups excluding carboxylic acids is 1. The summed E-state index contributed by atoms with van der Waals surface area (Å²) in [6.45, 7) is 0.400. The minimum atomic E-state index is -0.572. The van der Waals surface area contributed by atoms with Gasteiger partial charge < -0.3 is 14.8 Å². The summed E-state index contributed by atoms with van der Waals surface area (Å²) in [5, 5.41) is 12.7. The Balaban J connectivity index is 1.79. The summed E-state index contributed by atoms with van der Waals surface area (Å²) in [6.07, 6.45) is 1.28. The van der Waals surface area contributed by atoms with Gasteiger partial charge in [-0.25, -0.2) is 0 Å². The largest absolute Gasteiger partial charge is 0.457 e. The second-order valence-electron chi connectivity index (χ2n) is 4.11. The number of rotatable bonds is 5. The zero-order valence-corrected chi connectivity index (χ0v) is 11.8. The summed E-state index contributed by atoms with van der Waals surface area (Å²) in [4.78, 5) is 11.7. The SMILES string of the molecule is O=C(NCCC(O)c1ccccc1)c1coc(Br)c1. The Morgan fingerprint density at radius 1 is 1.37 bits per heavy atom. The molecule has 1 heterocycles. The second kappa shape index (κ2) is 6.54. The molecule has 0 bridgehead atoms. The van der Waals surface area contributed by atoms with Gasteiger partial charge in [-0.05, 0) is 27.9 Å². The Bertz CT molecular complexity index is 539. The highest BCUT2D eigenvalue weighted by Crippen LogP contribution is 2.16. The molecule has 1 aromatic heterocycles. The highest BCUT2D eigenvalue weighted by molar-refractivity contribution is 9.10. The van der Waals surface area contributed by atoms with Crippen molar-refractivity contribution in [2.45, 2.75) is 12.5 Å². The first-order chi connectivity index (χ1) is 9.16. The topological polar surface area (TPSA) is 62.5 Å². The van der Waals surface area contributed by atoms with E-state index in [4.69, 9.17) is 4.42 Å². The van der Waals surface area contributed by atoms with Crippen LogP contribution in [0.2, 0.25) is 0 Å². The van der Waals surface area contributed by atoms with Crippen LogP contribution in [0.4, 0.5) is 0 Å². The summed E-state index contributed by atoms with van der Waals surface area (Å²) in [6, 6.07) is 11.0. The fourth-order valence-electron chi connectivity index (χ4n) is 1.70. The van der Waals surface area contributed by atoms with Crippen molar-refractivity contribution in [2.24, 2.45) is 0 Å². The lowest BCUT2D eigenvalue weighted by atomic mass is 10.1. The van der Waals surface area contributed by atoms with Gasteiger partial charge in [-0.3, -0.25) is 4.79 Å². The van der Waals surface area contributed by atoms with Crippen molar-refractivity contribution in [3.05, 3.63) is 58.5 Å². The molecule has 1 aromatic carbocycles. The Morgan fingerprint density at radius 3 is 2.74 bits per heavy atom. The lowest BCUT2D eigenvalue weighted by Gasteiger charge is -2.11. The van der Waals surface area contributed by atoms with E-state index in [0.717, 1.165) is 5.56 Å². The highest BCUT2D eigenvalue weighted by Gasteiger charge is 2.10. The smallest absolute Gasteiger partial charge is 0.254 e. The number of aliphatic hydroxyl groups is 1. The van der Waals surface area contributed by atoms with Crippen LogP contribution in [0.15, 0.2) is 51.7 Å². The summed E-state index contributed by atoms with van der Waals surface area (Å²) in [5.41, 5.74) is 1.31. The van der Waals surface area contributed by atoms with Crippen molar-refractivity contribution in [3.8, 4) is 0 Å². The molecule has 0 aliphatic carbocycles. The van der Waals surface area contributed by atoms with Crippen molar-refractivity contribution in [1.82, 2.24) is 5.32 Å². The third-order valence-electron chi connectivity index (χ3n) is 2.72. The van der Waals surface area contributed by atoms with Gasteiger partial charge in [-0.1, -0.05) is 30.3 Å². The lowest BCUT2D eigenvalue weighted by molar-refractivity contribution is 0.0942. The number of amides is 1. The maximum atomic E-state index is 11.7. The van der Waals surface area contributed by atoms with E-state index in [1.165, 1.54) is 6.26 Å². The minimum Gasteiger partial charge on any atom is -0.457 e. The number of aliphatic hydroxyl groups excluding tert-OH is 1. The normalized spacial score (nSPS) is 12.1. The first-order valence-corrected chi connectivity index (χ1v) is 6.71. The number of furan rings is 1. The van der Waals surface area contributed by atoms with E-state index in [1.807, 2.05) is 30.3 Å². The van der Waals surface area contributed by atoms with E-state index in [1.54, 1.807) is 6.07 Å². The van der Waals surface area contributed by atoms with Crippen LogP contribution in [0.3, 0.4) is 0 Å². The number of hydrogen-bond acceptors (Lipinski definition) is 3. The van der Waals surface area contributed by atoms with Gasteiger partial charge in [0.05, 0.1) is 11.7 Å². The first-order valence-electron chi connectivity index (χ1n) is 5.92. The monoisotopic (exact) mass is 323 g/mol. The molecule has 2 aromatic rings. The van der Waals surface area contributed by atoms with Crippen LogP contribution < -0.4 is 5.32 Å². The zero-order valence-electron chi connectivity index (χ0n) is 10.2. The van der Waals surface area contributed by atoms with E-state index in [0.29, 0.717) is 23.2 Å². The molecule has 1 amide bonds. The molecule has 5 heteroatoms. The number of halogens is 1. The van der Waals surface area contributed by atoms with Crippen LogP contribution in [-0.2, 0) is 0 Å². The predicted molar refractivity (Wildman–Crippen MR) is 74.8 cm³/mol. The van der Waals surface area contributed by atoms with Crippen LogP contribution in [0, 0.1) is 0 Å². The third-order valence-corrected chi connectivity index (χ3v) is 3.13. The van der Waals surface area contributed by atoms with Crippen molar-refractivity contribution >= 4 is 21.8 Å². The standard InChI is InChI=1S/C14H14BrNO3/c15-13-8-11(9-19-13)14(18)16-7-6-12(17)10-4-2-1-3-5-10/h1-5,8-9,12,17H,6-7H2,(H,16,18). The maximum absolute atomic E-state index is 11.7. The average molecular weight is 324 g/mol. The number of nitrogens with one attached hydrogen (secondary N) is 1. The molecule has 2 N–H and O–H groups in total. The van der Waals surface area contributed by atoms with E-state index >= 15 is 0 Å². The van der Waals surface area contributed by atoms with E-state index in [-0.39, 0.29) is 5.91 Å². The molecule has 1 atom stereocenters. The fourth-order valence-corrected chi connectivity index (χ4v) is 2.04. The number of benzene rings is 1. The average Bonchev–Trinajstić information content (AvgIpc) is 2.86. The molecule has 0 aliphatic rings. The quantitative estimate of drug-likeness (QED) is 0.889. The maximum Gasteiger partial charge on any atom is 0.254 e. The van der Waals surface area contributed by atoms with Gasteiger partial charge >= 0.3 is 0 Å². The third kappa shape index (κ3) is 3.94. The minimum absolute atomic E-state index is 0.213. The molecular weight excluding hydrogens is 310 g/mol. The Morgan fingerprint density at radius 2 is 2.11 bits per heavy atom. The van der Waals surface area contributed by atoms with E-state index in [9.17, 15) is 9.90 Å². The van der Waals surface area contributed by atoms with Gasteiger partial charge in [0.25, 0.3) is 5.91 Å². The van der Waals surface area contributed by atoms with Gasteiger partial charge in [0.2, 0.25) is 0 Å². The number of carbonyl (C=O) groups is 1. The molecule has 100 valence electrons. The van der Waals surface area contributed by atoms with Crippen molar-refractivity contribution in [2.75, 3.05) is 6.54 Å². The molecule has 0 radical (unpaired) electrons. The molecule has 1 unspecified atom stereocenters. The van der Waals surface area contributed by atoms with Crippen LogP contribution >= 0.6 is 15.9 Å². The van der Waals surface area contributed by atoms with Crippen LogP contribution in [0.1, 0.15) is 28.4 Å². The van der Waals surface area contributed by atoms with Crippen LogP contribution in [0.25, 0.3) is 0 Å². The summed E-state index contributed by atoms with van der Waals surface area (Å²) in [5.74, 6) is -0.213. The molecule has 0 fully saturated rings. The van der Waals surface area contributed by atoms with Crippen LogP contribution in [0.5, 0.6) is 0 Å². The molecular formula is C14H14BrNO3. The Hall–Kier alpha value is -1.59. The lowest BCUT2D eigenvalue weighted by Crippen LogP contribution is -2.25. The summed E-state index contributed by atoms with van der Waals surface area (Å²) in [7, 11) is 0. The van der Waals surface area contributed by atoms with Gasteiger partial charge in [0, 0.05) is 12.6 Å². The molecule has 2 rings (SSSR count). The van der Waals surface area contributed by atoms with Gasteiger partial charge in [-0.15, -0.1) is 0 Å². The van der Waals surface area contributed by atoms with E-state index in [2.05, 4.69) is 21.2 Å². The molecule has 4 nitrogen and oxygen atoms in total. The van der Waals surface area contributed by atoms with E-state index < -0.39 is 6.10 Å². The van der Waals surface area contributed by atoms with Gasteiger partial charge in [0.15, 0.2) is 4.67 Å². The zero-order chi connectivity index (χ0) is 13.7. The molecule has 0 spiro atoms. The molecule has 19 heavy (non-hydrogen) atoms. The molecule has 0 saturated heterocycles. The Kier molecular flexibility index (Phi) is 4.76. The van der Waals surface area contributed by atoms with Gasteiger partial charge in [-0.2, -0.15) is 0 Å². The predicted octanol–water partition coefficient (Wildman–Crippen LogP) is 2.90. The van der Waals surface area contributed by atoms with Gasteiger partial charge in [0.1, 0.15) is 6.26 Å². The molecule has 0 aliphatic heterocycles. The fraction of sp³-hybridized carbons (Fsp3) is 0.214. The highest BCUT2D eigenvalue weighted by atomic mass is 79.9. The Labute approximate surface area is 119 Å². The molecule has 0 saturated carbocycles. The summed E-state index contributed by atoms with van der Waals surface area (Å²) < 4.78 is 5.50. The van der Waals surface area contributed by atoms with Crippen molar-refractivity contribution in [3.63, 3.8) is 0 Å². The van der Waals surface area contributed by atoms with Crippen molar-refractivity contribution < 1.29 is 14.3 Å². The second-order valence-corrected chi connectivity index (χ2v) is 4.89. The first kappa shape index (κ1) is 13.8. The number of hydrogen-bond donors (Lipinski definition) is 2. The van der Waals surface area contributed by atoms with Crippen molar-refractivity contribution in [1.29, 1.82) is 0 Å². The summed E-state index contributed by atoms with van der Waals surface area (Å²) >= 11 is 3.14. The van der Waals surface area contributed by atoms with Crippen LogP contribution in [-0.4, -0.2) is 17.6 Å².